The minimum atomic E-state index is -0.409. The topological polar surface area (TPSA) is 72.0 Å². The van der Waals surface area contributed by atoms with E-state index in [0.717, 1.165) is 0 Å². The predicted molar refractivity (Wildman–Crippen MR) is 69.4 cm³/mol. The van der Waals surface area contributed by atoms with E-state index in [1.165, 1.54) is 12.3 Å². The number of nitrogen functional groups attached to an aromatic ring is 1. The van der Waals surface area contributed by atoms with Gasteiger partial charge in [-0.05, 0) is 34.1 Å². The molecule has 0 amide bonds. The molecule has 0 aliphatic heterocycles. The average Bonchev–Trinajstić information content (AvgIpc) is 2.34. The number of amidine groups is 1. The second-order valence-corrected chi connectivity index (χ2v) is 4.33. The minimum absolute atomic E-state index is 0.0660. The first-order chi connectivity index (χ1) is 8.56. The van der Waals surface area contributed by atoms with Crippen LogP contribution in [0.25, 0.3) is 0 Å². The molecule has 0 spiro atoms. The smallest absolute Gasteiger partial charge is 0.219 e. The van der Waals surface area contributed by atoms with Crippen LogP contribution in [-0.2, 0) is 0 Å². The first-order valence-corrected chi connectivity index (χ1v) is 5.79. The van der Waals surface area contributed by atoms with E-state index in [1.54, 1.807) is 24.3 Å². The number of ether oxygens (including phenoxy) is 1. The summed E-state index contributed by atoms with van der Waals surface area (Å²) < 4.78 is 19.0. The maximum absolute atomic E-state index is 13.3. The molecule has 0 atom stereocenters. The van der Waals surface area contributed by atoms with Gasteiger partial charge >= 0.3 is 0 Å². The van der Waals surface area contributed by atoms with E-state index >= 15 is 0 Å². The molecule has 6 heteroatoms. The van der Waals surface area contributed by atoms with Crippen LogP contribution in [0, 0.1) is 11.2 Å². The van der Waals surface area contributed by atoms with Gasteiger partial charge in [-0.3, -0.25) is 5.41 Å². The van der Waals surface area contributed by atoms with Crippen LogP contribution in [0.5, 0.6) is 11.6 Å². The van der Waals surface area contributed by atoms with Crippen molar-refractivity contribution in [3.63, 3.8) is 0 Å². The molecule has 0 radical (unpaired) electrons. The second-order valence-electron chi connectivity index (χ2n) is 3.48. The van der Waals surface area contributed by atoms with Crippen LogP contribution >= 0.6 is 15.9 Å². The van der Waals surface area contributed by atoms with E-state index in [1.807, 2.05) is 0 Å². The Morgan fingerprint density at radius 3 is 2.67 bits per heavy atom. The Morgan fingerprint density at radius 1 is 1.33 bits per heavy atom. The molecule has 1 aromatic heterocycles. The quantitative estimate of drug-likeness (QED) is 0.676. The van der Waals surface area contributed by atoms with Crippen molar-refractivity contribution in [2.24, 2.45) is 5.73 Å². The third-order valence-electron chi connectivity index (χ3n) is 2.16. The summed E-state index contributed by atoms with van der Waals surface area (Å²) in [5, 5.41) is 7.22. The fourth-order valence-corrected chi connectivity index (χ4v) is 1.51. The third kappa shape index (κ3) is 2.84. The molecule has 0 bridgehead atoms. The predicted octanol–water partition coefficient (Wildman–Crippen LogP) is 3.06. The molecule has 2 rings (SSSR count). The van der Waals surface area contributed by atoms with Crippen molar-refractivity contribution in [1.82, 2.24) is 4.98 Å². The van der Waals surface area contributed by atoms with Crippen molar-refractivity contribution >= 4 is 21.8 Å². The minimum Gasteiger partial charge on any atom is -0.439 e. The van der Waals surface area contributed by atoms with Crippen LogP contribution in [-0.4, -0.2) is 10.8 Å². The highest BCUT2D eigenvalue weighted by atomic mass is 79.9. The van der Waals surface area contributed by atoms with Gasteiger partial charge < -0.3 is 10.5 Å². The number of nitrogens with two attached hydrogens (primary N) is 1. The number of halogens is 2. The molecule has 3 N–H and O–H groups in total. The Hall–Kier alpha value is -1.95. The second kappa shape index (κ2) is 5.14. The highest BCUT2D eigenvalue weighted by Crippen LogP contribution is 2.24. The molecular formula is C12H9BrFN3O. The summed E-state index contributed by atoms with van der Waals surface area (Å²) in [6, 6.07) is 7.60. The molecule has 1 aromatic carbocycles. The lowest BCUT2D eigenvalue weighted by Gasteiger charge is -2.05. The molecule has 92 valence electrons. The highest BCUT2D eigenvalue weighted by Gasteiger charge is 2.04. The first kappa shape index (κ1) is 12.5. The van der Waals surface area contributed by atoms with Crippen molar-refractivity contribution in [1.29, 1.82) is 5.41 Å². The number of nitrogens with zero attached hydrogens (tertiary/aromatic N) is 1. The van der Waals surface area contributed by atoms with Gasteiger partial charge in [0.1, 0.15) is 17.4 Å². The van der Waals surface area contributed by atoms with Gasteiger partial charge in [-0.25, -0.2) is 9.37 Å². The van der Waals surface area contributed by atoms with E-state index in [-0.39, 0.29) is 5.84 Å². The lowest BCUT2D eigenvalue weighted by molar-refractivity contribution is 0.457. The molecule has 0 fully saturated rings. The molecule has 4 nitrogen and oxygen atoms in total. The fourth-order valence-electron chi connectivity index (χ4n) is 1.26. The molecule has 0 aliphatic carbocycles. The lowest BCUT2D eigenvalue weighted by Crippen LogP contribution is -2.11. The van der Waals surface area contributed by atoms with Gasteiger partial charge in [-0.1, -0.05) is 0 Å². The van der Waals surface area contributed by atoms with Crippen LogP contribution < -0.4 is 10.5 Å². The summed E-state index contributed by atoms with van der Waals surface area (Å²) in [4.78, 5) is 3.97. The number of rotatable bonds is 3. The van der Waals surface area contributed by atoms with Crippen molar-refractivity contribution in [3.05, 3.63) is 52.4 Å². The van der Waals surface area contributed by atoms with Gasteiger partial charge in [0.2, 0.25) is 5.88 Å². The molecule has 0 saturated heterocycles. The van der Waals surface area contributed by atoms with Gasteiger partial charge in [0.25, 0.3) is 0 Å². The number of hydrogen-bond donors (Lipinski definition) is 2. The standard InChI is InChI=1S/C12H9BrFN3O/c13-9-3-2-8(5-10(9)14)18-11-4-1-7(6-17-11)12(15)16/h1-6H,(H3,15,16). The number of pyridine rings is 1. The van der Waals surface area contributed by atoms with Crippen molar-refractivity contribution in [3.8, 4) is 11.6 Å². The van der Waals surface area contributed by atoms with Crippen LogP contribution in [0.3, 0.4) is 0 Å². The molecular weight excluding hydrogens is 301 g/mol. The van der Waals surface area contributed by atoms with E-state index in [4.69, 9.17) is 15.9 Å². The summed E-state index contributed by atoms with van der Waals surface area (Å²) in [7, 11) is 0. The molecule has 0 unspecified atom stereocenters. The van der Waals surface area contributed by atoms with Crippen molar-refractivity contribution in [2.45, 2.75) is 0 Å². The van der Waals surface area contributed by atoms with E-state index in [0.29, 0.717) is 21.7 Å². The zero-order valence-corrected chi connectivity index (χ0v) is 10.7. The molecule has 0 saturated carbocycles. The number of hydrogen-bond acceptors (Lipinski definition) is 3. The third-order valence-corrected chi connectivity index (χ3v) is 2.80. The van der Waals surface area contributed by atoms with Gasteiger partial charge in [0.05, 0.1) is 4.47 Å². The zero-order valence-electron chi connectivity index (χ0n) is 9.15. The van der Waals surface area contributed by atoms with Crippen LogP contribution in [0.4, 0.5) is 4.39 Å². The lowest BCUT2D eigenvalue weighted by atomic mass is 10.3. The van der Waals surface area contributed by atoms with E-state index in [2.05, 4.69) is 20.9 Å². The fraction of sp³-hybridized carbons (Fsp3) is 0. The maximum atomic E-state index is 13.3. The zero-order chi connectivity index (χ0) is 13.1. The van der Waals surface area contributed by atoms with Crippen LogP contribution in [0.15, 0.2) is 41.0 Å². The summed E-state index contributed by atoms with van der Waals surface area (Å²) >= 11 is 3.06. The normalized spacial score (nSPS) is 10.1. The summed E-state index contributed by atoms with van der Waals surface area (Å²) in [5.74, 6) is 0.178. The number of aromatic nitrogens is 1. The van der Waals surface area contributed by atoms with Gasteiger partial charge in [0, 0.05) is 23.9 Å². The SMILES string of the molecule is N=C(N)c1ccc(Oc2ccc(Br)c(F)c2)nc1. The van der Waals surface area contributed by atoms with Crippen molar-refractivity contribution in [2.75, 3.05) is 0 Å². The molecule has 0 aliphatic rings. The first-order valence-electron chi connectivity index (χ1n) is 4.99. The summed E-state index contributed by atoms with van der Waals surface area (Å²) in [5.41, 5.74) is 5.80. The Kier molecular flexibility index (Phi) is 3.57. The largest absolute Gasteiger partial charge is 0.439 e. The van der Waals surface area contributed by atoms with Crippen LogP contribution in [0.1, 0.15) is 5.56 Å². The van der Waals surface area contributed by atoms with E-state index in [9.17, 15) is 4.39 Å². The van der Waals surface area contributed by atoms with Gasteiger partial charge in [0.15, 0.2) is 0 Å². The highest BCUT2D eigenvalue weighted by molar-refractivity contribution is 9.10. The Balaban J connectivity index is 2.18. The number of benzene rings is 1. The molecule has 2 aromatic rings. The summed E-state index contributed by atoms with van der Waals surface area (Å²) in [6.07, 6.45) is 1.42. The Morgan fingerprint density at radius 2 is 2.11 bits per heavy atom. The van der Waals surface area contributed by atoms with E-state index < -0.39 is 5.82 Å². The monoisotopic (exact) mass is 309 g/mol. The van der Waals surface area contributed by atoms with Gasteiger partial charge in [-0.15, -0.1) is 0 Å². The Labute approximate surface area is 111 Å². The maximum Gasteiger partial charge on any atom is 0.219 e. The average molecular weight is 310 g/mol. The Bertz CT molecular complexity index is 586. The van der Waals surface area contributed by atoms with Crippen LogP contribution in [0.2, 0.25) is 0 Å². The summed E-state index contributed by atoms with van der Waals surface area (Å²) in [6.45, 7) is 0. The number of nitrogens with one attached hydrogen (secondary N) is 1. The molecule has 1 heterocycles. The molecule has 18 heavy (non-hydrogen) atoms. The van der Waals surface area contributed by atoms with Crippen molar-refractivity contribution < 1.29 is 9.13 Å². The van der Waals surface area contributed by atoms with Gasteiger partial charge in [-0.2, -0.15) is 0 Å².